The van der Waals surface area contributed by atoms with Crippen LogP contribution in [0.4, 0.5) is 5.69 Å². The zero-order valence-electron chi connectivity index (χ0n) is 27.8. The SMILES string of the molecule is CCOC(=O)CNCc1cccc2cc(NS(=O)(=O)c3ccccc3)ccc12.NCC1CCCc2cc(-c3ccccc3S(N)(=O)=O)ccc21. The van der Waals surface area contributed by atoms with E-state index in [-0.39, 0.29) is 22.3 Å². The zero-order valence-corrected chi connectivity index (χ0v) is 29.5. The molecule has 0 heterocycles. The second kappa shape index (κ2) is 16.4. The Morgan fingerprint density at radius 2 is 1.64 bits per heavy atom. The van der Waals surface area contributed by atoms with E-state index in [1.54, 1.807) is 67.6 Å². The van der Waals surface area contributed by atoms with Gasteiger partial charge in [-0.15, -0.1) is 0 Å². The van der Waals surface area contributed by atoms with Crippen LogP contribution in [-0.4, -0.2) is 42.5 Å². The second-order valence-corrected chi connectivity index (χ2v) is 15.2. The van der Waals surface area contributed by atoms with Crippen LogP contribution >= 0.6 is 0 Å². The van der Waals surface area contributed by atoms with E-state index in [0.717, 1.165) is 41.2 Å². The van der Waals surface area contributed by atoms with Crippen molar-refractivity contribution in [1.82, 2.24) is 5.32 Å². The predicted molar refractivity (Wildman–Crippen MR) is 198 cm³/mol. The molecule has 1 unspecified atom stereocenters. The largest absolute Gasteiger partial charge is 0.465 e. The van der Waals surface area contributed by atoms with Gasteiger partial charge in [-0.05, 0) is 102 Å². The summed E-state index contributed by atoms with van der Waals surface area (Å²) >= 11 is 0. The Bertz CT molecular complexity index is 2170. The van der Waals surface area contributed by atoms with Crippen molar-refractivity contribution in [3.05, 3.63) is 126 Å². The van der Waals surface area contributed by atoms with Crippen molar-refractivity contribution in [2.75, 3.05) is 24.4 Å². The summed E-state index contributed by atoms with van der Waals surface area (Å²) in [5.74, 6) is 0.117. The minimum atomic E-state index is -3.74. The summed E-state index contributed by atoms with van der Waals surface area (Å²) in [6.07, 6.45) is 3.25. The topological polar surface area (TPSA) is 171 Å². The molecule has 5 aromatic rings. The zero-order chi connectivity index (χ0) is 35.7. The first kappa shape index (κ1) is 36.7. The smallest absolute Gasteiger partial charge is 0.319 e. The Kier molecular flexibility index (Phi) is 12.0. The summed E-state index contributed by atoms with van der Waals surface area (Å²) in [5, 5.41) is 10.3. The van der Waals surface area contributed by atoms with E-state index in [0.29, 0.717) is 36.9 Å². The molecule has 10 nitrogen and oxygen atoms in total. The van der Waals surface area contributed by atoms with Gasteiger partial charge in [-0.25, -0.2) is 22.0 Å². The monoisotopic (exact) mass is 714 g/mol. The molecule has 6 rings (SSSR count). The number of fused-ring (bicyclic) bond motifs is 2. The Labute approximate surface area is 294 Å². The molecule has 0 fully saturated rings. The van der Waals surface area contributed by atoms with Gasteiger partial charge in [-0.2, -0.15) is 0 Å². The van der Waals surface area contributed by atoms with Gasteiger partial charge in [0.05, 0.1) is 22.9 Å². The van der Waals surface area contributed by atoms with Crippen LogP contribution in [0.3, 0.4) is 0 Å². The highest BCUT2D eigenvalue weighted by molar-refractivity contribution is 7.92. The number of esters is 1. The number of sulfonamides is 2. The molecule has 1 atom stereocenters. The molecule has 0 amide bonds. The third kappa shape index (κ3) is 9.14. The molecule has 0 bridgehead atoms. The number of nitrogens with one attached hydrogen (secondary N) is 2. The van der Waals surface area contributed by atoms with Crippen LogP contribution in [0.2, 0.25) is 0 Å². The van der Waals surface area contributed by atoms with Gasteiger partial charge in [0.15, 0.2) is 0 Å². The minimum Gasteiger partial charge on any atom is -0.465 e. The average Bonchev–Trinajstić information content (AvgIpc) is 3.11. The van der Waals surface area contributed by atoms with E-state index < -0.39 is 20.0 Å². The van der Waals surface area contributed by atoms with Crippen LogP contribution in [0, 0.1) is 0 Å². The molecule has 262 valence electrons. The molecule has 50 heavy (non-hydrogen) atoms. The number of anilines is 1. The van der Waals surface area contributed by atoms with E-state index in [9.17, 15) is 21.6 Å². The van der Waals surface area contributed by atoms with Crippen LogP contribution in [0.5, 0.6) is 0 Å². The fourth-order valence-electron chi connectivity index (χ4n) is 6.17. The van der Waals surface area contributed by atoms with Crippen molar-refractivity contribution < 1.29 is 26.4 Å². The first-order chi connectivity index (χ1) is 24.0. The molecule has 5 aromatic carbocycles. The molecule has 1 aliphatic carbocycles. The lowest BCUT2D eigenvalue weighted by molar-refractivity contribution is -0.142. The number of ether oxygens (including phenoxy) is 1. The maximum absolute atomic E-state index is 12.5. The maximum atomic E-state index is 12.5. The molecule has 1 aliphatic rings. The highest BCUT2D eigenvalue weighted by Crippen LogP contribution is 2.35. The van der Waals surface area contributed by atoms with Gasteiger partial charge in [-0.3, -0.25) is 9.52 Å². The quantitative estimate of drug-likeness (QED) is 0.127. The van der Waals surface area contributed by atoms with Crippen LogP contribution in [0.15, 0.2) is 119 Å². The normalized spacial score (nSPS) is 14.3. The lowest BCUT2D eigenvalue weighted by Crippen LogP contribution is -2.24. The van der Waals surface area contributed by atoms with Crippen molar-refractivity contribution >= 4 is 42.5 Å². The van der Waals surface area contributed by atoms with Gasteiger partial charge in [0.25, 0.3) is 10.0 Å². The van der Waals surface area contributed by atoms with Gasteiger partial charge in [-0.1, -0.05) is 78.9 Å². The number of benzene rings is 5. The van der Waals surface area contributed by atoms with E-state index in [4.69, 9.17) is 15.6 Å². The van der Waals surface area contributed by atoms with E-state index in [1.807, 2.05) is 36.4 Å². The van der Waals surface area contributed by atoms with Crippen molar-refractivity contribution in [3.8, 4) is 11.1 Å². The van der Waals surface area contributed by atoms with Crippen molar-refractivity contribution in [1.29, 1.82) is 0 Å². The number of primary sulfonamides is 1. The van der Waals surface area contributed by atoms with Gasteiger partial charge in [0.2, 0.25) is 10.0 Å². The van der Waals surface area contributed by atoms with Crippen LogP contribution < -0.4 is 20.9 Å². The van der Waals surface area contributed by atoms with Gasteiger partial charge >= 0.3 is 5.97 Å². The molecule has 12 heteroatoms. The van der Waals surface area contributed by atoms with E-state index in [1.165, 1.54) is 11.1 Å². The first-order valence-electron chi connectivity index (χ1n) is 16.4. The molecular formula is C38H42N4O6S2. The lowest BCUT2D eigenvalue weighted by Gasteiger charge is -2.25. The number of rotatable bonds is 11. The molecular weight excluding hydrogens is 673 g/mol. The van der Waals surface area contributed by atoms with Gasteiger partial charge in [0, 0.05) is 17.8 Å². The van der Waals surface area contributed by atoms with Crippen molar-refractivity contribution in [3.63, 3.8) is 0 Å². The standard InChI is InChI=1S/C21H22N2O4S.C17H20N2O2S/c1-2-27-21(24)15-22-14-17-8-6-7-16-13-18(11-12-20(16)17)23-28(25,26)19-9-4-3-5-10-19;18-11-14-5-3-4-12-10-13(8-9-15(12)14)16-6-1-2-7-17(16)22(19,20)21/h3-13,22-23H,2,14-15H2,1H3;1-2,6-10,14H,3-5,11,18H2,(H2,19,20,21). The molecule has 0 saturated heterocycles. The van der Waals surface area contributed by atoms with Crippen molar-refractivity contribution in [2.45, 2.75) is 48.4 Å². The Hall–Kier alpha value is -4.59. The molecule has 0 radical (unpaired) electrons. The van der Waals surface area contributed by atoms with E-state index >= 15 is 0 Å². The highest BCUT2D eigenvalue weighted by atomic mass is 32.2. The summed E-state index contributed by atoms with van der Waals surface area (Å²) in [6.45, 7) is 3.42. The number of hydrogen-bond donors (Lipinski definition) is 4. The Morgan fingerprint density at radius 3 is 2.38 bits per heavy atom. The predicted octanol–water partition coefficient (Wildman–Crippen LogP) is 5.67. The Balaban J connectivity index is 0.000000200. The maximum Gasteiger partial charge on any atom is 0.319 e. The van der Waals surface area contributed by atoms with Crippen LogP contribution in [-0.2, 0) is 42.5 Å². The van der Waals surface area contributed by atoms with Crippen LogP contribution in [0.25, 0.3) is 21.9 Å². The first-order valence-corrected chi connectivity index (χ1v) is 19.4. The minimum absolute atomic E-state index is 0.138. The molecule has 6 N–H and O–H groups in total. The third-order valence-electron chi connectivity index (χ3n) is 8.54. The third-order valence-corrected chi connectivity index (χ3v) is 10.9. The number of hydrogen-bond acceptors (Lipinski definition) is 8. The van der Waals surface area contributed by atoms with Gasteiger partial charge in [0.1, 0.15) is 0 Å². The van der Waals surface area contributed by atoms with Crippen molar-refractivity contribution in [2.24, 2.45) is 10.9 Å². The Morgan fingerprint density at radius 1 is 0.880 bits per heavy atom. The summed E-state index contributed by atoms with van der Waals surface area (Å²) in [6, 6.07) is 32.4. The number of aryl methyl sites for hydroxylation is 1. The second-order valence-electron chi connectivity index (χ2n) is 12.0. The summed E-state index contributed by atoms with van der Waals surface area (Å²) in [5.41, 5.74) is 11.5. The summed E-state index contributed by atoms with van der Waals surface area (Å²) in [7, 11) is -7.37. The average molecular weight is 715 g/mol. The molecule has 0 spiro atoms. The highest BCUT2D eigenvalue weighted by Gasteiger charge is 2.21. The number of nitrogens with two attached hydrogens (primary N) is 2. The van der Waals surface area contributed by atoms with E-state index in [2.05, 4.69) is 22.2 Å². The molecule has 0 aliphatic heterocycles. The lowest BCUT2D eigenvalue weighted by atomic mass is 9.81. The van der Waals surface area contributed by atoms with Gasteiger partial charge < -0.3 is 15.8 Å². The molecule has 0 aromatic heterocycles. The fourth-order valence-corrected chi connectivity index (χ4v) is 8.01. The number of carbonyl (C=O) groups excluding carboxylic acids is 1. The summed E-state index contributed by atoms with van der Waals surface area (Å²) in [4.78, 5) is 11.8. The van der Waals surface area contributed by atoms with Crippen LogP contribution in [0.1, 0.15) is 42.4 Å². The fraction of sp³-hybridized carbons (Fsp3) is 0.237. The number of carbonyl (C=O) groups is 1. The summed E-state index contributed by atoms with van der Waals surface area (Å²) < 4.78 is 56.1. The molecule has 0 saturated carbocycles.